The van der Waals surface area contributed by atoms with Crippen LogP contribution >= 0.6 is 0 Å². The van der Waals surface area contributed by atoms with Crippen molar-refractivity contribution in [1.82, 2.24) is 30.3 Å². The lowest BCUT2D eigenvalue weighted by atomic mass is 10.1. The third kappa shape index (κ3) is 9.73. The van der Waals surface area contributed by atoms with Crippen LogP contribution in [0.4, 0.5) is 13.6 Å². The van der Waals surface area contributed by atoms with Gasteiger partial charge >= 0.3 is 12.1 Å². The Morgan fingerprint density at radius 3 is 2.43 bits per heavy atom. The number of carboxylic acid groups (broad SMARTS) is 1. The number of alkyl halides is 2. The molecule has 2 fully saturated rings. The number of halogens is 2. The van der Waals surface area contributed by atoms with Crippen molar-refractivity contribution < 1.29 is 52.1 Å². The number of carboxylic acids is 1. The summed E-state index contributed by atoms with van der Waals surface area (Å²) in [4.78, 5) is 84.7. The summed E-state index contributed by atoms with van der Waals surface area (Å²) in [5.41, 5.74) is 1.00. The lowest BCUT2D eigenvalue weighted by Gasteiger charge is -2.35. The van der Waals surface area contributed by atoms with E-state index in [1.807, 2.05) is 6.92 Å². The molecule has 49 heavy (non-hydrogen) atoms. The van der Waals surface area contributed by atoms with Crippen LogP contribution in [0.25, 0.3) is 10.9 Å². The number of rotatable bonds is 13. The van der Waals surface area contributed by atoms with Crippen LogP contribution in [0.5, 0.6) is 5.75 Å². The van der Waals surface area contributed by atoms with Crippen molar-refractivity contribution in [2.45, 2.75) is 58.0 Å². The molecule has 3 heterocycles. The molecular formula is C32H40F2N6O9. The van der Waals surface area contributed by atoms with E-state index in [1.54, 1.807) is 25.1 Å². The van der Waals surface area contributed by atoms with Gasteiger partial charge in [-0.3, -0.25) is 24.0 Å². The molecular weight excluding hydrogens is 650 g/mol. The zero-order chi connectivity index (χ0) is 35.7. The molecule has 0 spiro atoms. The molecule has 2 atom stereocenters. The molecule has 5 amide bonds. The Morgan fingerprint density at radius 1 is 1.04 bits per heavy atom. The SMILES string of the molecule is CCOC(=O)N1CCN(C(=O)[C@H](CCC(=O)O)NC(=O)c2cc(OCC(=O)N3CCC[C@H]3C(=O)NCC(F)F)c3ccc(C)cc3n2)CC1. The first-order valence-electron chi connectivity index (χ1n) is 16.0. The van der Waals surface area contributed by atoms with E-state index in [0.29, 0.717) is 23.7 Å². The van der Waals surface area contributed by atoms with Crippen LogP contribution in [0.2, 0.25) is 0 Å². The van der Waals surface area contributed by atoms with Crippen LogP contribution in [-0.4, -0.2) is 131 Å². The van der Waals surface area contributed by atoms with Gasteiger partial charge in [-0.1, -0.05) is 6.07 Å². The molecule has 266 valence electrons. The van der Waals surface area contributed by atoms with Gasteiger partial charge in [0.05, 0.1) is 18.7 Å². The van der Waals surface area contributed by atoms with Gasteiger partial charge in [0.2, 0.25) is 11.8 Å². The Morgan fingerprint density at radius 2 is 1.76 bits per heavy atom. The highest BCUT2D eigenvalue weighted by atomic mass is 19.3. The van der Waals surface area contributed by atoms with Gasteiger partial charge in [-0.2, -0.15) is 0 Å². The molecule has 17 heteroatoms. The fourth-order valence-electron chi connectivity index (χ4n) is 5.70. The number of aryl methyl sites for hydroxylation is 1. The molecule has 15 nitrogen and oxygen atoms in total. The van der Waals surface area contributed by atoms with E-state index in [1.165, 1.54) is 20.8 Å². The minimum Gasteiger partial charge on any atom is -0.483 e. The van der Waals surface area contributed by atoms with Gasteiger partial charge in [-0.05, 0) is 50.8 Å². The highest BCUT2D eigenvalue weighted by Crippen LogP contribution is 2.27. The molecule has 2 saturated heterocycles. The molecule has 2 aliphatic rings. The largest absolute Gasteiger partial charge is 0.483 e. The van der Waals surface area contributed by atoms with E-state index in [9.17, 15) is 42.7 Å². The number of carbonyl (C=O) groups is 6. The van der Waals surface area contributed by atoms with Crippen molar-refractivity contribution >= 4 is 46.6 Å². The Hall–Kier alpha value is -5.09. The molecule has 3 N–H and O–H groups in total. The average Bonchev–Trinajstić information content (AvgIpc) is 3.57. The third-order valence-corrected chi connectivity index (χ3v) is 8.19. The van der Waals surface area contributed by atoms with Crippen molar-refractivity contribution in [2.24, 2.45) is 0 Å². The van der Waals surface area contributed by atoms with Crippen molar-refractivity contribution in [2.75, 3.05) is 52.5 Å². The Bertz CT molecular complexity index is 1570. The van der Waals surface area contributed by atoms with Crippen LogP contribution in [0.15, 0.2) is 24.3 Å². The highest BCUT2D eigenvalue weighted by Gasteiger charge is 2.35. The fourth-order valence-corrected chi connectivity index (χ4v) is 5.70. The molecule has 4 rings (SSSR count). The second-order valence-corrected chi connectivity index (χ2v) is 11.7. The summed E-state index contributed by atoms with van der Waals surface area (Å²) in [7, 11) is 0. The van der Waals surface area contributed by atoms with Crippen LogP contribution in [0.3, 0.4) is 0 Å². The quantitative estimate of drug-likeness (QED) is 0.278. The first kappa shape index (κ1) is 36.7. The van der Waals surface area contributed by atoms with E-state index in [0.717, 1.165) is 5.56 Å². The average molecular weight is 691 g/mol. The number of piperazine rings is 1. The molecule has 2 aliphatic heterocycles. The minimum absolute atomic E-state index is 0.116. The van der Waals surface area contributed by atoms with E-state index in [2.05, 4.69) is 15.6 Å². The number of fused-ring (bicyclic) bond motifs is 1. The number of aromatic nitrogens is 1. The van der Waals surface area contributed by atoms with Crippen LogP contribution < -0.4 is 15.4 Å². The summed E-state index contributed by atoms with van der Waals surface area (Å²) in [6.45, 7) is 3.31. The molecule has 0 saturated carbocycles. The normalized spacial score (nSPS) is 16.8. The number of nitrogens with one attached hydrogen (secondary N) is 2. The van der Waals surface area contributed by atoms with Crippen molar-refractivity contribution in [3.63, 3.8) is 0 Å². The topological polar surface area (TPSA) is 188 Å². The maximum Gasteiger partial charge on any atom is 0.409 e. The Balaban J connectivity index is 1.50. The summed E-state index contributed by atoms with van der Waals surface area (Å²) in [6.07, 6.45) is -3.03. The monoisotopic (exact) mass is 690 g/mol. The molecule has 0 radical (unpaired) electrons. The summed E-state index contributed by atoms with van der Waals surface area (Å²) in [5.74, 6) is -3.59. The van der Waals surface area contributed by atoms with Gasteiger partial charge < -0.3 is 39.9 Å². The number of hydrogen-bond acceptors (Lipinski definition) is 9. The van der Waals surface area contributed by atoms with Gasteiger partial charge in [0, 0.05) is 50.6 Å². The maximum atomic E-state index is 13.6. The van der Waals surface area contributed by atoms with Gasteiger partial charge in [0.1, 0.15) is 23.5 Å². The summed E-state index contributed by atoms with van der Waals surface area (Å²) in [6, 6.07) is 4.34. The molecule has 1 aromatic heterocycles. The van der Waals surface area contributed by atoms with Gasteiger partial charge in [0.25, 0.3) is 18.2 Å². The van der Waals surface area contributed by atoms with E-state index in [4.69, 9.17) is 9.47 Å². The third-order valence-electron chi connectivity index (χ3n) is 8.19. The highest BCUT2D eigenvalue weighted by molar-refractivity contribution is 5.99. The van der Waals surface area contributed by atoms with Crippen molar-refractivity contribution in [3.05, 3.63) is 35.5 Å². The molecule has 0 bridgehead atoms. The van der Waals surface area contributed by atoms with Crippen LogP contribution in [-0.2, 0) is 23.9 Å². The molecule has 2 aromatic rings. The second kappa shape index (κ2) is 16.8. The van der Waals surface area contributed by atoms with Crippen molar-refractivity contribution in [1.29, 1.82) is 0 Å². The Labute approximate surface area is 280 Å². The predicted molar refractivity (Wildman–Crippen MR) is 169 cm³/mol. The second-order valence-electron chi connectivity index (χ2n) is 11.7. The van der Waals surface area contributed by atoms with Gasteiger partial charge in [-0.15, -0.1) is 0 Å². The van der Waals surface area contributed by atoms with Gasteiger partial charge in [-0.25, -0.2) is 18.6 Å². The standard InChI is InChI=1S/C32H40F2N6O9/c1-3-48-32(47)39-13-11-38(12-14-39)31(46)21(8-9-28(42)43)37-29(44)23-16-25(20-7-6-19(2)15-22(20)36-23)49-18-27(41)40-10-4-5-24(40)30(45)35-17-26(33)34/h6-7,15-16,21,24,26H,3-5,8-14,17-18H2,1-2H3,(H,35,45)(H,37,44)(H,42,43)/t21-,24-/m0/s1. The summed E-state index contributed by atoms with van der Waals surface area (Å²) >= 11 is 0. The predicted octanol–water partition coefficient (Wildman–Crippen LogP) is 1.56. The number of ether oxygens (including phenoxy) is 2. The van der Waals surface area contributed by atoms with Crippen molar-refractivity contribution in [3.8, 4) is 5.75 Å². The first-order chi connectivity index (χ1) is 23.4. The smallest absolute Gasteiger partial charge is 0.409 e. The molecule has 1 aromatic carbocycles. The first-order valence-corrected chi connectivity index (χ1v) is 16.0. The number of hydrogen-bond donors (Lipinski definition) is 3. The number of aliphatic carboxylic acids is 1. The van der Waals surface area contributed by atoms with Crippen LogP contribution in [0, 0.1) is 6.92 Å². The number of carbonyl (C=O) groups excluding carboxylic acids is 5. The Kier molecular flexibility index (Phi) is 12.6. The molecule has 0 unspecified atom stereocenters. The zero-order valence-corrected chi connectivity index (χ0v) is 27.3. The van der Waals surface area contributed by atoms with E-state index < -0.39 is 73.8 Å². The number of benzene rings is 1. The lowest BCUT2D eigenvalue weighted by Crippen LogP contribution is -2.56. The van der Waals surface area contributed by atoms with Crippen LogP contribution in [0.1, 0.15) is 48.7 Å². The number of pyridine rings is 1. The number of nitrogens with zero attached hydrogens (tertiary/aromatic N) is 4. The zero-order valence-electron chi connectivity index (χ0n) is 27.3. The number of amides is 5. The maximum absolute atomic E-state index is 13.6. The summed E-state index contributed by atoms with van der Waals surface area (Å²) < 4.78 is 36.1. The lowest BCUT2D eigenvalue weighted by molar-refractivity contribution is -0.140. The van der Waals surface area contributed by atoms with E-state index in [-0.39, 0.29) is 57.2 Å². The minimum atomic E-state index is -2.73. The fraction of sp³-hybridized carbons (Fsp3) is 0.531. The number of likely N-dealkylation sites (tertiary alicyclic amines) is 1. The molecule has 0 aliphatic carbocycles. The summed E-state index contributed by atoms with van der Waals surface area (Å²) in [5, 5.41) is 14.5. The van der Waals surface area contributed by atoms with E-state index >= 15 is 0 Å². The van der Waals surface area contributed by atoms with Gasteiger partial charge in [0.15, 0.2) is 6.61 Å².